The van der Waals surface area contributed by atoms with Crippen molar-refractivity contribution < 1.29 is 14.3 Å². The Morgan fingerprint density at radius 2 is 1.82 bits per heavy atom. The smallest absolute Gasteiger partial charge is 0.313 e. The first-order chi connectivity index (χ1) is 10.5. The highest BCUT2D eigenvalue weighted by atomic mass is 16.5. The third-order valence-electron chi connectivity index (χ3n) is 6.92. The highest BCUT2D eigenvalue weighted by Gasteiger charge is 2.62. The van der Waals surface area contributed by atoms with Gasteiger partial charge in [0.2, 0.25) is 5.91 Å². The van der Waals surface area contributed by atoms with Gasteiger partial charge < -0.3 is 15.8 Å². The molecule has 5 heteroatoms. The van der Waals surface area contributed by atoms with Crippen molar-refractivity contribution in [2.75, 3.05) is 13.7 Å². The van der Waals surface area contributed by atoms with Crippen molar-refractivity contribution in [1.29, 1.82) is 0 Å². The monoisotopic (exact) mass is 306 g/mol. The van der Waals surface area contributed by atoms with Crippen LogP contribution in [0.2, 0.25) is 0 Å². The summed E-state index contributed by atoms with van der Waals surface area (Å²) in [5, 5.41) is 3.25. The molecule has 0 saturated heterocycles. The van der Waals surface area contributed by atoms with Crippen LogP contribution < -0.4 is 11.1 Å². The van der Waals surface area contributed by atoms with Crippen molar-refractivity contribution in [2.24, 2.45) is 34.3 Å². The highest BCUT2D eigenvalue weighted by Crippen LogP contribution is 2.60. The number of nitrogens with one attached hydrogen (secondary N) is 1. The van der Waals surface area contributed by atoms with Gasteiger partial charge in [0.05, 0.1) is 17.9 Å². The Bertz CT molecular complexity index is 500. The number of amides is 1. The van der Waals surface area contributed by atoms with Crippen LogP contribution in [0.1, 0.15) is 44.9 Å². The molecule has 0 aromatic rings. The molecule has 1 amide bonds. The van der Waals surface area contributed by atoms with Crippen molar-refractivity contribution in [2.45, 2.75) is 51.0 Å². The number of hydrogen-bond donors (Lipinski definition) is 2. The Balaban J connectivity index is 1.62. The zero-order valence-corrected chi connectivity index (χ0v) is 13.3. The summed E-state index contributed by atoms with van der Waals surface area (Å²) in [7, 11) is 1.47. The molecule has 122 valence electrons. The summed E-state index contributed by atoms with van der Waals surface area (Å²) in [4.78, 5) is 25.3. The predicted molar refractivity (Wildman–Crippen MR) is 80.7 cm³/mol. The number of rotatable bonds is 4. The van der Waals surface area contributed by atoms with E-state index in [4.69, 9.17) is 10.5 Å². The van der Waals surface area contributed by atoms with Gasteiger partial charge in [-0.2, -0.15) is 0 Å². The maximum Gasteiger partial charge on any atom is 0.313 e. The fraction of sp³-hybridized carbons (Fsp3) is 0.882. The van der Waals surface area contributed by atoms with Gasteiger partial charge in [-0.05, 0) is 62.7 Å². The third-order valence-corrected chi connectivity index (χ3v) is 6.92. The van der Waals surface area contributed by atoms with Gasteiger partial charge in [-0.1, -0.05) is 0 Å². The summed E-state index contributed by atoms with van der Waals surface area (Å²) < 4.78 is 5.16. The molecule has 5 rings (SSSR count). The fourth-order valence-electron chi connectivity index (χ4n) is 5.76. The van der Waals surface area contributed by atoms with E-state index >= 15 is 0 Å². The minimum Gasteiger partial charge on any atom is -0.469 e. The molecule has 0 radical (unpaired) electrons. The van der Waals surface area contributed by atoms with Crippen LogP contribution in [0.3, 0.4) is 0 Å². The number of methoxy groups -OCH3 is 1. The molecule has 0 aromatic carbocycles. The fourth-order valence-corrected chi connectivity index (χ4v) is 5.76. The maximum absolute atomic E-state index is 12.7. The van der Waals surface area contributed by atoms with Crippen molar-refractivity contribution in [1.82, 2.24) is 5.32 Å². The molecule has 3 unspecified atom stereocenters. The normalized spacial score (nSPS) is 43.7. The number of ether oxygens (including phenoxy) is 1. The van der Waals surface area contributed by atoms with Crippen LogP contribution in [0, 0.1) is 28.6 Å². The second-order valence-corrected chi connectivity index (χ2v) is 8.19. The van der Waals surface area contributed by atoms with Crippen LogP contribution in [-0.2, 0) is 14.3 Å². The Morgan fingerprint density at radius 3 is 2.32 bits per heavy atom. The molecule has 0 aliphatic heterocycles. The van der Waals surface area contributed by atoms with Crippen molar-refractivity contribution >= 4 is 11.9 Å². The molecule has 5 fully saturated rings. The van der Waals surface area contributed by atoms with Gasteiger partial charge in [0.1, 0.15) is 0 Å². The Kier molecular flexibility index (Phi) is 3.09. The number of carbonyl (C=O) groups is 2. The molecule has 0 spiro atoms. The molecular formula is C17H26N2O3. The summed E-state index contributed by atoms with van der Waals surface area (Å²) in [5.41, 5.74) is 4.95. The van der Waals surface area contributed by atoms with E-state index in [1.807, 2.05) is 0 Å². The minimum atomic E-state index is -0.482. The van der Waals surface area contributed by atoms with E-state index in [1.54, 1.807) is 0 Å². The zero-order chi connectivity index (χ0) is 15.5. The second-order valence-electron chi connectivity index (χ2n) is 8.19. The summed E-state index contributed by atoms with van der Waals surface area (Å²) in [6.07, 6.45) is 7.07. The van der Waals surface area contributed by atoms with Crippen LogP contribution in [0.15, 0.2) is 0 Å². The van der Waals surface area contributed by atoms with Crippen LogP contribution in [0.4, 0.5) is 0 Å². The number of nitrogens with two attached hydrogens (primary N) is 1. The zero-order valence-electron chi connectivity index (χ0n) is 13.3. The van der Waals surface area contributed by atoms with Gasteiger partial charge in [-0.3, -0.25) is 9.59 Å². The van der Waals surface area contributed by atoms with Crippen molar-refractivity contribution in [3.05, 3.63) is 0 Å². The van der Waals surface area contributed by atoms with E-state index in [2.05, 4.69) is 5.32 Å². The molecule has 5 nitrogen and oxygen atoms in total. The van der Waals surface area contributed by atoms with E-state index in [1.165, 1.54) is 13.5 Å². The molecular weight excluding hydrogens is 280 g/mol. The SMILES string of the molecule is COC(=O)C12CC3CC(CC(C3)C1NC(=O)C1(CN)CC1)C2. The largest absolute Gasteiger partial charge is 0.469 e. The summed E-state index contributed by atoms with van der Waals surface area (Å²) in [5.74, 6) is 1.65. The summed E-state index contributed by atoms with van der Waals surface area (Å²) in [6.45, 7) is 0.409. The van der Waals surface area contributed by atoms with Gasteiger partial charge >= 0.3 is 5.97 Å². The predicted octanol–water partition coefficient (Wildman–Crippen LogP) is 1.21. The molecule has 5 saturated carbocycles. The molecule has 5 aliphatic carbocycles. The first-order valence-corrected chi connectivity index (χ1v) is 8.62. The van der Waals surface area contributed by atoms with Crippen LogP contribution >= 0.6 is 0 Å². The number of carbonyl (C=O) groups excluding carboxylic acids is 2. The van der Waals surface area contributed by atoms with E-state index in [9.17, 15) is 9.59 Å². The quantitative estimate of drug-likeness (QED) is 0.765. The van der Waals surface area contributed by atoms with Gasteiger partial charge in [0.25, 0.3) is 0 Å². The van der Waals surface area contributed by atoms with Gasteiger partial charge in [-0.15, -0.1) is 0 Å². The van der Waals surface area contributed by atoms with E-state index in [0.717, 1.165) is 38.5 Å². The maximum atomic E-state index is 12.7. The summed E-state index contributed by atoms with van der Waals surface area (Å²) >= 11 is 0. The van der Waals surface area contributed by atoms with Crippen LogP contribution in [0.5, 0.6) is 0 Å². The van der Waals surface area contributed by atoms with Gasteiger partial charge in [0, 0.05) is 12.6 Å². The molecule has 3 N–H and O–H groups in total. The molecule has 3 atom stereocenters. The Morgan fingerprint density at radius 1 is 1.18 bits per heavy atom. The molecule has 0 aromatic heterocycles. The Hall–Kier alpha value is -1.10. The molecule has 4 bridgehead atoms. The molecule has 5 aliphatic rings. The van der Waals surface area contributed by atoms with E-state index in [0.29, 0.717) is 24.3 Å². The lowest BCUT2D eigenvalue weighted by atomic mass is 9.47. The highest BCUT2D eigenvalue weighted by molar-refractivity contribution is 5.87. The standard InChI is InChI=1S/C17H26N2O3/c1-22-15(21)17-7-10-4-11(8-17)6-12(5-10)13(17)19-14(20)16(9-18)2-3-16/h10-13H,2-9,18H2,1H3,(H,19,20). The molecule has 0 heterocycles. The third kappa shape index (κ3) is 1.87. The summed E-state index contributed by atoms with van der Waals surface area (Å²) in [6, 6.07) is -0.0516. The van der Waals surface area contributed by atoms with Crippen molar-refractivity contribution in [3.8, 4) is 0 Å². The van der Waals surface area contributed by atoms with Gasteiger partial charge in [-0.25, -0.2) is 0 Å². The topological polar surface area (TPSA) is 81.4 Å². The number of esters is 1. The average molecular weight is 306 g/mol. The second kappa shape index (κ2) is 4.70. The van der Waals surface area contributed by atoms with Crippen molar-refractivity contribution in [3.63, 3.8) is 0 Å². The van der Waals surface area contributed by atoms with E-state index < -0.39 is 5.41 Å². The lowest BCUT2D eigenvalue weighted by Gasteiger charge is -2.59. The first-order valence-electron chi connectivity index (χ1n) is 8.62. The first kappa shape index (κ1) is 14.5. The minimum absolute atomic E-state index is 0.0516. The lowest BCUT2D eigenvalue weighted by molar-refractivity contribution is -0.175. The Labute approximate surface area is 131 Å². The average Bonchev–Trinajstić information content (AvgIpc) is 3.30. The lowest BCUT2D eigenvalue weighted by Crippen LogP contribution is -2.66. The van der Waals surface area contributed by atoms with Crippen LogP contribution in [-0.4, -0.2) is 31.6 Å². The van der Waals surface area contributed by atoms with E-state index in [-0.39, 0.29) is 23.3 Å². The molecule has 22 heavy (non-hydrogen) atoms. The number of hydrogen-bond acceptors (Lipinski definition) is 4. The van der Waals surface area contributed by atoms with Gasteiger partial charge in [0.15, 0.2) is 0 Å². The van der Waals surface area contributed by atoms with Crippen LogP contribution in [0.25, 0.3) is 0 Å².